The van der Waals surface area contributed by atoms with Crippen LogP contribution in [0.4, 0.5) is 4.79 Å². The molecule has 0 saturated carbocycles. The van der Waals surface area contributed by atoms with Crippen molar-refractivity contribution in [2.45, 2.75) is 26.9 Å². The summed E-state index contributed by atoms with van der Waals surface area (Å²) in [6.07, 6.45) is 6.71. The molecule has 1 aliphatic heterocycles. The number of hydrogen-bond acceptors (Lipinski definition) is 5. The molecule has 0 atom stereocenters. The number of amides is 2. The highest BCUT2D eigenvalue weighted by Crippen LogP contribution is 2.39. The average Bonchev–Trinajstić information content (AvgIpc) is 2.79. The molecule has 0 radical (unpaired) electrons. The normalized spacial score (nSPS) is 15.8. The lowest BCUT2D eigenvalue weighted by Crippen LogP contribution is -2.28. The second-order valence-corrected chi connectivity index (χ2v) is 6.80. The Morgan fingerprint density at radius 1 is 1.40 bits per heavy atom. The lowest BCUT2D eigenvalue weighted by atomic mass is 10.1. The van der Waals surface area contributed by atoms with Gasteiger partial charge in [-0.2, -0.15) is 0 Å². The average molecular weight is 380 g/mol. The first-order valence-corrected chi connectivity index (χ1v) is 8.88. The maximum Gasteiger partial charge on any atom is 0.294 e. The molecule has 2 amide bonds. The molecule has 132 valence electrons. The van der Waals surface area contributed by atoms with Crippen LogP contribution < -0.4 is 9.47 Å². The highest BCUT2D eigenvalue weighted by molar-refractivity contribution is 8.18. The number of halogens is 1. The van der Waals surface area contributed by atoms with Crippen LogP contribution >= 0.6 is 23.4 Å². The molecule has 7 heteroatoms. The lowest BCUT2D eigenvalue weighted by Gasteiger charge is -2.16. The molecule has 0 aromatic heterocycles. The molecule has 1 aromatic carbocycles. The van der Waals surface area contributed by atoms with Crippen LogP contribution in [0.5, 0.6) is 11.5 Å². The summed E-state index contributed by atoms with van der Waals surface area (Å²) in [5.41, 5.74) is 0.635. The fourth-order valence-electron chi connectivity index (χ4n) is 2.16. The minimum Gasteiger partial charge on any atom is -0.490 e. The van der Waals surface area contributed by atoms with Crippen molar-refractivity contribution in [2.75, 3.05) is 13.2 Å². The van der Waals surface area contributed by atoms with E-state index in [-0.39, 0.29) is 22.8 Å². The number of imide groups is 1. The molecule has 1 saturated heterocycles. The molecule has 0 N–H and O–H groups in total. The second kappa shape index (κ2) is 8.32. The quantitative estimate of drug-likeness (QED) is 0.547. The summed E-state index contributed by atoms with van der Waals surface area (Å²) >= 11 is 7.16. The van der Waals surface area contributed by atoms with Crippen LogP contribution in [-0.4, -0.2) is 35.3 Å². The first kappa shape index (κ1) is 19.2. The first-order chi connectivity index (χ1) is 11.9. The largest absolute Gasteiger partial charge is 0.490 e. The van der Waals surface area contributed by atoms with E-state index in [4.69, 9.17) is 27.5 Å². The van der Waals surface area contributed by atoms with Gasteiger partial charge in [0.15, 0.2) is 11.5 Å². The Balaban J connectivity index is 2.39. The van der Waals surface area contributed by atoms with Crippen molar-refractivity contribution in [3.8, 4) is 23.8 Å². The van der Waals surface area contributed by atoms with E-state index in [1.54, 1.807) is 18.2 Å². The molecule has 1 fully saturated rings. The van der Waals surface area contributed by atoms with Crippen LogP contribution in [0.3, 0.4) is 0 Å². The Morgan fingerprint density at radius 3 is 2.72 bits per heavy atom. The summed E-state index contributed by atoms with van der Waals surface area (Å²) in [6.45, 7) is 6.02. The fraction of sp³-hybridized carbons (Fsp3) is 0.333. The van der Waals surface area contributed by atoms with Crippen LogP contribution in [-0.2, 0) is 4.79 Å². The minimum atomic E-state index is -0.412. The van der Waals surface area contributed by atoms with Crippen LogP contribution in [0.25, 0.3) is 6.08 Å². The van der Waals surface area contributed by atoms with Gasteiger partial charge in [0.2, 0.25) is 0 Å². The van der Waals surface area contributed by atoms with Gasteiger partial charge >= 0.3 is 0 Å². The van der Waals surface area contributed by atoms with Gasteiger partial charge in [-0.05, 0) is 56.3 Å². The van der Waals surface area contributed by atoms with E-state index in [1.165, 1.54) is 0 Å². The number of carbonyl (C=O) groups excluding carboxylic acids is 2. The zero-order valence-electron chi connectivity index (χ0n) is 14.2. The monoisotopic (exact) mass is 379 g/mol. The highest BCUT2D eigenvalue weighted by atomic mass is 35.5. The topological polar surface area (TPSA) is 55.8 Å². The van der Waals surface area contributed by atoms with Crippen molar-refractivity contribution in [1.82, 2.24) is 4.90 Å². The zero-order chi connectivity index (χ0) is 18.6. The van der Waals surface area contributed by atoms with E-state index in [2.05, 4.69) is 5.92 Å². The predicted octanol–water partition coefficient (Wildman–Crippen LogP) is 4.20. The van der Waals surface area contributed by atoms with Crippen molar-refractivity contribution < 1.29 is 19.1 Å². The van der Waals surface area contributed by atoms with Gasteiger partial charge < -0.3 is 9.47 Å². The lowest BCUT2D eigenvalue weighted by molar-refractivity contribution is -0.122. The fourth-order valence-corrected chi connectivity index (χ4v) is 3.27. The van der Waals surface area contributed by atoms with Gasteiger partial charge in [0.1, 0.15) is 0 Å². The molecular formula is C18H18ClNO4S. The molecular weight excluding hydrogens is 362 g/mol. The van der Waals surface area contributed by atoms with Crippen LogP contribution in [0.1, 0.15) is 26.3 Å². The summed E-state index contributed by atoms with van der Waals surface area (Å²) < 4.78 is 11.3. The van der Waals surface area contributed by atoms with Crippen LogP contribution in [0.2, 0.25) is 5.02 Å². The Bertz CT molecular complexity index is 767. The third-order valence-electron chi connectivity index (χ3n) is 3.11. The summed E-state index contributed by atoms with van der Waals surface area (Å²) in [6, 6.07) is 3.39. The van der Waals surface area contributed by atoms with Gasteiger partial charge in [-0.3, -0.25) is 14.5 Å². The van der Waals surface area contributed by atoms with Crippen molar-refractivity contribution in [2.24, 2.45) is 0 Å². The summed E-state index contributed by atoms with van der Waals surface area (Å²) in [7, 11) is 0. The molecule has 1 aromatic rings. The van der Waals surface area contributed by atoms with Crippen LogP contribution in [0.15, 0.2) is 17.0 Å². The van der Waals surface area contributed by atoms with Crippen molar-refractivity contribution >= 4 is 40.6 Å². The first-order valence-electron chi connectivity index (χ1n) is 7.69. The Kier molecular flexibility index (Phi) is 6.40. The third kappa shape index (κ3) is 4.50. The number of hydrogen-bond donors (Lipinski definition) is 0. The number of rotatable bonds is 6. The molecule has 5 nitrogen and oxygen atoms in total. The summed E-state index contributed by atoms with van der Waals surface area (Å²) in [5.74, 6) is 2.83. The number of benzene rings is 1. The number of carbonyl (C=O) groups is 2. The number of thioether (sulfide) groups is 1. The molecule has 25 heavy (non-hydrogen) atoms. The van der Waals surface area contributed by atoms with Gasteiger partial charge in [0, 0.05) is 0 Å². The van der Waals surface area contributed by atoms with Crippen molar-refractivity contribution in [1.29, 1.82) is 0 Å². The molecule has 1 aliphatic rings. The number of ether oxygens (including phenoxy) is 2. The molecule has 0 aliphatic carbocycles. The van der Waals surface area contributed by atoms with E-state index in [0.29, 0.717) is 28.7 Å². The Hall–Kier alpha value is -2.10. The maximum absolute atomic E-state index is 12.2. The third-order valence-corrected chi connectivity index (χ3v) is 4.29. The maximum atomic E-state index is 12.2. The van der Waals surface area contributed by atoms with E-state index >= 15 is 0 Å². The summed E-state index contributed by atoms with van der Waals surface area (Å²) in [5, 5.41) is -0.0150. The van der Waals surface area contributed by atoms with Crippen LogP contribution in [0, 0.1) is 12.3 Å². The van der Waals surface area contributed by atoms with E-state index < -0.39 is 5.91 Å². The van der Waals surface area contributed by atoms with Crippen molar-refractivity contribution in [3.05, 3.63) is 27.6 Å². The molecule has 1 heterocycles. The van der Waals surface area contributed by atoms with E-state index in [9.17, 15) is 9.59 Å². The predicted molar refractivity (Wildman–Crippen MR) is 99.9 cm³/mol. The van der Waals surface area contributed by atoms with Gasteiger partial charge in [-0.15, -0.1) is 6.42 Å². The molecule has 2 rings (SSSR count). The molecule has 0 bridgehead atoms. The number of terminal acetylenes is 1. The smallest absolute Gasteiger partial charge is 0.294 e. The number of nitrogens with zero attached hydrogens (tertiary/aromatic N) is 1. The SMILES string of the molecule is C#CCN1C(=O)S/C(=C/c2cc(Cl)c(OC(C)C)c(OCC)c2)C1=O. The zero-order valence-corrected chi connectivity index (χ0v) is 15.7. The van der Waals surface area contributed by atoms with E-state index in [0.717, 1.165) is 16.7 Å². The van der Waals surface area contributed by atoms with E-state index in [1.807, 2.05) is 20.8 Å². The van der Waals surface area contributed by atoms with Gasteiger partial charge in [0.05, 0.1) is 29.2 Å². The molecule has 0 spiro atoms. The van der Waals surface area contributed by atoms with Crippen molar-refractivity contribution in [3.63, 3.8) is 0 Å². The second-order valence-electron chi connectivity index (χ2n) is 5.40. The molecule has 0 unspecified atom stereocenters. The standard InChI is InChI=1S/C18H18ClNO4S/c1-5-7-20-17(21)15(25-18(20)22)10-12-8-13(19)16(24-11(3)4)14(9-12)23-6-2/h1,8-11H,6-7H2,2-4H3/b15-10+. The summed E-state index contributed by atoms with van der Waals surface area (Å²) in [4.78, 5) is 25.4. The van der Waals surface area contributed by atoms with Gasteiger partial charge in [0.25, 0.3) is 11.1 Å². The Labute approximate surface area is 156 Å². The van der Waals surface area contributed by atoms with Gasteiger partial charge in [-0.25, -0.2) is 0 Å². The minimum absolute atomic E-state index is 0.0475. The highest BCUT2D eigenvalue weighted by Gasteiger charge is 2.34. The Morgan fingerprint density at radius 2 is 2.12 bits per heavy atom. The van der Waals surface area contributed by atoms with Gasteiger partial charge in [-0.1, -0.05) is 17.5 Å².